The zero-order chi connectivity index (χ0) is 17.1. The van der Waals surface area contributed by atoms with Crippen LogP contribution in [0.15, 0.2) is 75.3 Å². The molecule has 0 saturated heterocycles. The molecule has 2 aromatic carbocycles. The van der Waals surface area contributed by atoms with Crippen molar-refractivity contribution in [3.63, 3.8) is 0 Å². The van der Waals surface area contributed by atoms with Crippen LogP contribution in [0, 0.1) is 11.3 Å². The van der Waals surface area contributed by atoms with Crippen LogP contribution in [0.25, 0.3) is 21.5 Å². The van der Waals surface area contributed by atoms with E-state index >= 15 is 0 Å². The highest BCUT2D eigenvalue weighted by molar-refractivity contribution is 7.21. The number of furan rings is 1. The van der Waals surface area contributed by atoms with Crippen molar-refractivity contribution in [2.24, 2.45) is 10.2 Å². The molecule has 2 heterocycles. The molecule has 0 bridgehead atoms. The third kappa shape index (κ3) is 3.18. The quantitative estimate of drug-likeness (QED) is 0.445. The minimum absolute atomic E-state index is 0.324. The van der Waals surface area contributed by atoms with Crippen molar-refractivity contribution >= 4 is 26.7 Å². The molecule has 0 radical (unpaired) electrons. The van der Waals surface area contributed by atoms with Gasteiger partial charge in [-0.15, -0.1) is 5.11 Å². The lowest BCUT2D eigenvalue weighted by molar-refractivity contribution is 0.522. The van der Waals surface area contributed by atoms with Crippen molar-refractivity contribution in [3.8, 4) is 17.4 Å². The number of aromatic nitrogens is 1. The van der Waals surface area contributed by atoms with Gasteiger partial charge in [-0.1, -0.05) is 35.6 Å². The molecule has 0 spiro atoms. The lowest BCUT2D eigenvalue weighted by Crippen LogP contribution is -1.81. The molecule has 0 aliphatic rings. The minimum atomic E-state index is 0.324. The summed E-state index contributed by atoms with van der Waals surface area (Å²) in [5, 5.41) is 18.2. The van der Waals surface area contributed by atoms with Gasteiger partial charge in [0.2, 0.25) is 5.13 Å². The molecule has 0 amide bonds. The van der Waals surface area contributed by atoms with E-state index in [0.29, 0.717) is 28.8 Å². The number of hydrogen-bond acceptors (Lipinski definition) is 6. The molecule has 0 atom stereocenters. The van der Waals surface area contributed by atoms with Gasteiger partial charge in [-0.25, -0.2) is 4.98 Å². The SMILES string of the molecule is N#Cc1ccccc1-c1ccc(CN=Nc2nc3ccccc3s2)o1. The maximum absolute atomic E-state index is 9.18. The van der Waals surface area contributed by atoms with Crippen LogP contribution < -0.4 is 0 Å². The van der Waals surface area contributed by atoms with Gasteiger partial charge >= 0.3 is 0 Å². The lowest BCUT2D eigenvalue weighted by Gasteiger charge is -1.98. The second kappa shape index (κ2) is 6.67. The van der Waals surface area contributed by atoms with Gasteiger partial charge in [-0.3, -0.25) is 0 Å². The van der Waals surface area contributed by atoms with Crippen molar-refractivity contribution in [1.82, 2.24) is 4.98 Å². The number of nitrogens with zero attached hydrogens (tertiary/aromatic N) is 4. The average Bonchev–Trinajstić information content (AvgIpc) is 3.28. The first-order valence-corrected chi connectivity index (χ1v) is 8.46. The van der Waals surface area contributed by atoms with Crippen LogP contribution in [-0.2, 0) is 6.54 Å². The molecule has 2 aromatic heterocycles. The highest BCUT2D eigenvalue weighted by atomic mass is 32.1. The van der Waals surface area contributed by atoms with Crippen LogP contribution in [0.5, 0.6) is 0 Å². The summed E-state index contributed by atoms with van der Waals surface area (Å²) < 4.78 is 6.88. The maximum Gasteiger partial charge on any atom is 0.230 e. The van der Waals surface area contributed by atoms with E-state index in [1.54, 1.807) is 6.07 Å². The van der Waals surface area contributed by atoms with Crippen LogP contribution in [0.1, 0.15) is 11.3 Å². The van der Waals surface area contributed by atoms with Gasteiger partial charge in [-0.05, 0) is 36.4 Å². The molecule has 25 heavy (non-hydrogen) atoms. The molecule has 0 aliphatic carbocycles. The van der Waals surface area contributed by atoms with Crippen molar-refractivity contribution in [2.75, 3.05) is 0 Å². The summed E-state index contributed by atoms with van der Waals surface area (Å²) in [5.41, 5.74) is 2.29. The summed E-state index contributed by atoms with van der Waals surface area (Å²) in [6, 6.07) is 21.1. The molecular weight excluding hydrogens is 332 g/mol. The average molecular weight is 344 g/mol. The number of benzene rings is 2. The van der Waals surface area contributed by atoms with Gasteiger partial charge in [0.05, 0.1) is 21.8 Å². The van der Waals surface area contributed by atoms with Gasteiger partial charge in [0.15, 0.2) is 0 Å². The molecule has 0 N–H and O–H groups in total. The molecule has 4 rings (SSSR count). The van der Waals surface area contributed by atoms with Crippen LogP contribution in [-0.4, -0.2) is 4.98 Å². The van der Waals surface area contributed by atoms with E-state index in [1.165, 1.54) is 11.3 Å². The molecule has 120 valence electrons. The van der Waals surface area contributed by atoms with Crippen molar-refractivity contribution in [3.05, 3.63) is 72.0 Å². The van der Waals surface area contributed by atoms with Crippen molar-refractivity contribution < 1.29 is 4.42 Å². The lowest BCUT2D eigenvalue weighted by atomic mass is 10.1. The van der Waals surface area contributed by atoms with Crippen LogP contribution in [0.2, 0.25) is 0 Å². The fourth-order valence-corrected chi connectivity index (χ4v) is 3.28. The van der Waals surface area contributed by atoms with Crippen molar-refractivity contribution in [1.29, 1.82) is 5.26 Å². The van der Waals surface area contributed by atoms with Gasteiger partial charge in [0.25, 0.3) is 0 Å². The molecule has 0 unspecified atom stereocenters. The van der Waals surface area contributed by atoms with E-state index in [0.717, 1.165) is 15.8 Å². The normalized spacial score (nSPS) is 11.2. The van der Waals surface area contributed by atoms with Crippen LogP contribution in [0.4, 0.5) is 5.13 Å². The Labute approximate surface area is 147 Å². The molecule has 0 saturated carbocycles. The Morgan fingerprint density at radius 3 is 2.76 bits per heavy atom. The largest absolute Gasteiger partial charge is 0.459 e. The Morgan fingerprint density at radius 2 is 1.88 bits per heavy atom. The number of nitriles is 1. The third-order valence-corrected chi connectivity index (χ3v) is 4.56. The predicted octanol–water partition coefficient (Wildman–Crippen LogP) is 5.71. The molecule has 0 aliphatic heterocycles. The first-order valence-electron chi connectivity index (χ1n) is 7.65. The van der Waals surface area contributed by atoms with Crippen LogP contribution in [0.3, 0.4) is 0 Å². The third-order valence-electron chi connectivity index (χ3n) is 3.64. The summed E-state index contributed by atoms with van der Waals surface area (Å²) in [6.45, 7) is 0.324. The van der Waals surface area contributed by atoms with E-state index < -0.39 is 0 Å². The van der Waals surface area contributed by atoms with E-state index in [9.17, 15) is 5.26 Å². The number of rotatable bonds is 4. The minimum Gasteiger partial charge on any atom is -0.459 e. The Morgan fingerprint density at radius 1 is 1.04 bits per heavy atom. The number of azo groups is 1. The Kier molecular flexibility index (Phi) is 4.07. The zero-order valence-electron chi connectivity index (χ0n) is 13.1. The first-order chi connectivity index (χ1) is 12.3. The Hall–Kier alpha value is -3.30. The summed E-state index contributed by atoms with van der Waals surface area (Å²) in [5.74, 6) is 1.34. The predicted molar refractivity (Wildman–Crippen MR) is 96.7 cm³/mol. The topological polar surface area (TPSA) is 74.5 Å². The van der Waals surface area contributed by atoms with E-state index in [-0.39, 0.29) is 0 Å². The smallest absolute Gasteiger partial charge is 0.230 e. The van der Waals surface area contributed by atoms with Crippen molar-refractivity contribution in [2.45, 2.75) is 6.54 Å². The summed E-state index contributed by atoms with van der Waals surface area (Å²) >= 11 is 1.50. The number of thiazole rings is 1. The van der Waals surface area contributed by atoms with Gasteiger partial charge in [0, 0.05) is 5.56 Å². The van der Waals surface area contributed by atoms with Crippen LogP contribution >= 0.6 is 11.3 Å². The Bertz CT molecular complexity index is 1070. The molecule has 4 aromatic rings. The fraction of sp³-hybridized carbons (Fsp3) is 0.0526. The van der Waals surface area contributed by atoms with Gasteiger partial charge < -0.3 is 4.42 Å². The fourth-order valence-electron chi connectivity index (χ4n) is 2.47. The number of para-hydroxylation sites is 1. The van der Waals surface area contributed by atoms with Gasteiger partial charge in [0.1, 0.15) is 18.1 Å². The highest BCUT2D eigenvalue weighted by Crippen LogP contribution is 2.29. The molecule has 5 nitrogen and oxygen atoms in total. The van der Waals surface area contributed by atoms with E-state index in [2.05, 4.69) is 21.3 Å². The summed E-state index contributed by atoms with van der Waals surface area (Å²) in [6.07, 6.45) is 0. The van der Waals surface area contributed by atoms with E-state index in [4.69, 9.17) is 4.42 Å². The maximum atomic E-state index is 9.18. The summed E-state index contributed by atoms with van der Waals surface area (Å²) in [4.78, 5) is 4.41. The highest BCUT2D eigenvalue weighted by Gasteiger charge is 2.09. The Balaban J connectivity index is 1.50. The zero-order valence-corrected chi connectivity index (χ0v) is 13.9. The molecule has 6 heteroatoms. The number of hydrogen-bond donors (Lipinski definition) is 0. The van der Waals surface area contributed by atoms with E-state index in [1.807, 2.05) is 54.6 Å². The van der Waals surface area contributed by atoms with Gasteiger partial charge in [-0.2, -0.15) is 10.4 Å². The standard InChI is InChI=1S/C19H12N4OS/c20-11-13-5-1-2-6-15(13)17-10-9-14(24-17)12-21-23-19-22-16-7-3-4-8-18(16)25-19/h1-10H,12H2. The monoisotopic (exact) mass is 344 g/mol. The first kappa shape index (κ1) is 15.2. The molecule has 0 fully saturated rings. The number of fused-ring (bicyclic) bond motifs is 1. The molecular formula is C19H12N4OS. The second-order valence-corrected chi connectivity index (χ2v) is 6.30. The second-order valence-electron chi connectivity index (χ2n) is 5.29. The summed E-state index contributed by atoms with van der Waals surface area (Å²) in [7, 11) is 0.